The molecule has 0 saturated heterocycles. The second-order valence-corrected chi connectivity index (χ2v) is 4.82. The largest absolute Gasteiger partial charge is 0.484 e. The Kier molecular flexibility index (Phi) is 4.00. The molecule has 0 amide bonds. The van der Waals surface area contributed by atoms with Crippen LogP contribution in [0.25, 0.3) is 0 Å². The predicted molar refractivity (Wildman–Crippen MR) is 61.9 cm³/mol. The fourth-order valence-electron chi connectivity index (χ4n) is 2.07. The van der Waals surface area contributed by atoms with E-state index in [0.29, 0.717) is 12.1 Å². The predicted octanol–water partition coefficient (Wildman–Crippen LogP) is 4.03. The second-order valence-electron chi connectivity index (χ2n) is 4.29. The van der Waals surface area contributed by atoms with Crippen LogP contribution in [0.4, 0.5) is 13.2 Å². The number of pyridine rings is 1. The van der Waals surface area contributed by atoms with Crippen LogP contribution in [0.15, 0.2) is 12.3 Å². The molecule has 1 atom stereocenters. The maximum absolute atomic E-state index is 12.2. The molecule has 2 nitrogen and oxygen atoms in total. The Morgan fingerprint density at radius 2 is 2.17 bits per heavy atom. The maximum Gasteiger partial charge on any atom is 0.422 e. The molecule has 0 aromatic carbocycles. The van der Waals surface area contributed by atoms with E-state index in [1.807, 2.05) is 0 Å². The van der Waals surface area contributed by atoms with E-state index in [0.717, 1.165) is 24.8 Å². The highest BCUT2D eigenvalue weighted by atomic mass is 35.5. The molecule has 0 radical (unpaired) electrons. The molecule has 0 bridgehead atoms. The molecule has 0 N–H and O–H groups in total. The van der Waals surface area contributed by atoms with Crippen LogP contribution in [0, 0.1) is 0 Å². The average molecular weight is 280 g/mol. The van der Waals surface area contributed by atoms with Crippen LogP contribution in [0.5, 0.6) is 5.75 Å². The fraction of sp³-hybridized carbons (Fsp3) is 0.583. The van der Waals surface area contributed by atoms with Crippen molar-refractivity contribution in [2.45, 2.75) is 37.2 Å². The van der Waals surface area contributed by atoms with Crippen LogP contribution in [0.2, 0.25) is 0 Å². The van der Waals surface area contributed by atoms with Gasteiger partial charge in [0.2, 0.25) is 0 Å². The molecule has 1 heterocycles. The molecule has 18 heavy (non-hydrogen) atoms. The number of ether oxygens (including phenoxy) is 1. The maximum atomic E-state index is 12.2. The van der Waals surface area contributed by atoms with Gasteiger partial charge in [-0.2, -0.15) is 13.2 Å². The monoisotopic (exact) mass is 279 g/mol. The number of rotatable bonds is 2. The van der Waals surface area contributed by atoms with Crippen molar-refractivity contribution in [2.24, 2.45) is 0 Å². The Morgan fingerprint density at radius 3 is 2.89 bits per heavy atom. The van der Waals surface area contributed by atoms with E-state index in [9.17, 15) is 13.2 Å². The van der Waals surface area contributed by atoms with Crippen LogP contribution >= 0.6 is 11.6 Å². The summed E-state index contributed by atoms with van der Waals surface area (Å²) in [5, 5.41) is -0.239. The van der Waals surface area contributed by atoms with Gasteiger partial charge in [0.05, 0.1) is 11.1 Å². The van der Waals surface area contributed by atoms with E-state index >= 15 is 0 Å². The van der Waals surface area contributed by atoms with Crippen molar-refractivity contribution in [1.82, 2.24) is 4.98 Å². The summed E-state index contributed by atoms with van der Waals surface area (Å²) in [6.45, 7) is -1.28. The molecule has 2 rings (SSSR count). The number of hydrogen-bond donors (Lipinski definition) is 0. The molecular formula is C12H13ClF3NO. The summed E-state index contributed by atoms with van der Waals surface area (Å²) in [7, 11) is 0. The van der Waals surface area contributed by atoms with E-state index < -0.39 is 12.8 Å². The number of halogens is 4. The van der Waals surface area contributed by atoms with Crippen molar-refractivity contribution in [3.05, 3.63) is 23.5 Å². The third kappa shape index (κ3) is 3.28. The standard InChI is InChI=1S/C12H13ClF3NO/c13-9-4-2-1-3-8-10(5-6-17-11(8)9)18-7-12(14,15)16/h5-6,9H,1-4,7H2. The van der Waals surface area contributed by atoms with Gasteiger partial charge >= 0.3 is 6.18 Å². The van der Waals surface area contributed by atoms with Gasteiger partial charge in [0.25, 0.3) is 0 Å². The Balaban J connectivity index is 2.23. The Hall–Kier alpha value is -0.970. The third-order valence-electron chi connectivity index (χ3n) is 2.87. The highest BCUT2D eigenvalue weighted by molar-refractivity contribution is 6.20. The number of aromatic nitrogens is 1. The molecule has 1 aromatic rings. The Bertz CT molecular complexity index is 422. The number of hydrogen-bond acceptors (Lipinski definition) is 2. The van der Waals surface area contributed by atoms with Crippen molar-refractivity contribution in [3.8, 4) is 5.75 Å². The van der Waals surface area contributed by atoms with Gasteiger partial charge in [0, 0.05) is 11.8 Å². The molecule has 1 aliphatic carbocycles. The summed E-state index contributed by atoms with van der Waals surface area (Å²) >= 11 is 6.17. The van der Waals surface area contributed by atoms with E-state index in [-0.39, 0.29) is 11.1 Å². The van der Waals surface area contributed by atoms with Gasteiger partial charge in [0.1, 0.15) is 5.75 Å². The number of nitrogens with zero attached hydrogens (tertiary/aromatic N) is 1. The first-order chi connectivity index (χ1) is 8.47. The van der Waals surface area contributed by atoms with Gasteiger partial charge in [-0.3, -0.25) is 4.98 Å². The summed E-state index contributed by atoms with van der Waals surface area (Å²) in [6.07, 6.45) is 0.421. The number of fused-ring (bicyclic) bond motifs is 1. The SMILES string of the molecule is FC(F)(F)COc1ccnc2c1CCCCC2Cl. The average Bonchev–Trinajstić information content (AvgIpc) is 2.49. The van der Waals surface area contributed by atoms with Gasteiger partial charge in [0.15, 0.2) is 6.61 Å². The first-order valence-corrected chi connectivity index (χ1v) is 6.22. The van der Waals surface area contributed by atoms with Gasteiger partial charge < -0.3 is 4.74 Å². The molecule has 0 aliphatic heterocycles. The summed E-state index contributed by atoms with van der Waals surface area (Å²) in [4.78, 5) is 4.17. The zero-order valence-electron chi connectivity index (χ0n) is 9.63. The van der Waals surface area contributed by atoms with Crippen molar-refractivity contribution < 1.29 is 17.9 Å². The van der Waals surface area contributed by atoms with Crippen LogP contribution < -0.4 is 4.74 Å². The molecule has 1 aromatic heterocycles. The van der Waals surface area contributed by atoms with Crippen LogP contribution in [-0.4, -0.2) is 17.8 Å². The molecular weight excluding hydrogens is 267 g/mol. The van der Waals surface area contributed by atoms with Gasteiger partial charge in [-0.25, -0.2) is 0 Å². The Morgan fingerprint density at radius 1 is 1.39 bits per heavy atom. The minimum absolute atomic E-state index is 0.239. The highest BCUT2D eigenvalue weighted by Crippen LogP contribution is 2.36. The highest BCUT2D eigenvalue weighted by Gasteiger charge is 2.29. The van der Waals surface area contributed by atoms with E-state index in [1.54, 1.807) is 0 Å². The van der Waals surface area contributed by atoms with Gasteiger partial charge in [-0.05, 0) is 25.3 Å². The molecule has 0 saturated carbocycles. The molecule has 100 valence electrons. The second kappa shape index (κ2) is 5.34. The van der Waals surface area contributed by atoms with Crippen LogP contribution in [-0.2, 0) is 6.42 Å². The van der Waals surface area contributed by atoms with E-state index in [4.69, 9.17) is 16.3 Å². The lowest BCUT2D eigenvalue weighted by molar-refractivity contribution is -0.153. The van der Waals surface area contributed by atoms with Crippen molar-refractivity contribution in [2.75, 3.05) is 6.61 Å². The lowest BCUT2D eigenvalue weighted by Crippen LogP contribution is -2.20. The molecule has 1 aliphatic rings. The minimum Gasteiger partial charge on any atom is -0.484 e. The number of alkyl halides is 4. The first-order valence-electron chi connectivity index (χ1n) is 5.79. The Labute approximate surface area is 108 Å². The molecule has 0 fully saturated rings. The van der Waals surface area contributed by atoms with Crippen molar-refractivity contribution in [3.63, 3.8) is 0 Å². The fourth-order valence-corrected chi connectivity index (χ4v) is 2.41. The van der Waals surface area contributed by atoms with Crippen LogP contribution in [0.3, 0.4) is 0 Å². The first kappa shape index (κ1) is 13.5. The van der Waals surface area contributed by atoms with E-state index in [1.165, 1.54) is 12.3 Å². The lowest BCUT2D eigenvalue weighted by atomic mass is 10.1. The van der Waals surface area contributed by atoms with Crippen molar-refractivity contribution in [1.29, 1.82) is 0 Å². The topological polar surface area (TPSA) is 22.1 Å². The van der Waals surface area contributed by atoms with Crippen LogP contribution in [0.1, 0.15) is 35.9 Å². The van der Waals surface area contributed by atoms with Gasteiger partial charge in [-0.15, -0.1) is 11.6 Å². The van der Waals surface area contributed by atoms with Crippen molar-refractivity contribution >= 4 is 11.6 Å². The minimum atomic E-state index is -4.33. The quantitative estimate of drug-likeness (QED) is 0.602. The summed E-state index contributed by atoms with van der Waals surface area (Å²) in [5.74, 6) is 0.255. The summed E-state index contributed by atoms with van der Waals surface area (Å²) in [5.41, 5.74) is 1.38. The zero-order valence-corrected chi connectivity index (χ0v) is 10.4. The molecule has 6 heteroatoms. The summed E-state index contributed by atoms with van der Waals surface area (Å²) < 4.78 is 41.3. The van der Waals surface area contributed by atoms with Gasteiger partial charge in [-0.1, -0.05) is 6.42 Å². The molecule has 0 spiro atoms. The van der Waals surface area contributed by atoms with E-state index in [2.05, 4.69) is 4.98 Å². The smallest absolute Gasteiger partial charge is 0.422 e. The lowest BCUT2D eigenvalue weighted by Gasteiger charge is -2.15. The normalized spacial score (nSPS) is 20.1. The molecule has 1 unspecified atom stereocenters. The summed E-state index contributed by atoms with van der Waals surface area (Å²) in [6, 6.07) is 1.47. The zero-order chi connectivity index (χ0) is 13.2. The third-order valence-corrected chi connectivity index (χ3v) is 3.29.